The first-order valence-electron chi connectivity index (χ1n) is 9.58. The Labute approximate surface area is 173 Å². The number of ether oxygens (including phenoxy) is 2. The van der Waals surface area contributed by atoms with Crippen molar-refractivity contribution in [3.05, 3.63) is 46.1 Å². The van der Waals surface area contributed by atoms with E-state index in [0.29, 0.717) is 16.5 Å². The summed E-state index contributed by atoms with van der Waals surface area (Å²) in [5, 5.41) is 3.18. The van der Waals surface area contributed by atoms with Crippen LogP contribution in [0, 0.1) is 5.92 Å². The minimum Gasteiger partial charge on any atom is -0.459 e. The molecule has 29 heavy (non-hydrogen) atoms. The number of pyridine rings is 1. The molecule has 0 spiro atoms. The van der Waals surface area contributed by atoms with E-state index in [0.717, 1.165) is 29.7 Å². The van der Waals surface area contributed by atoms with Crippen molar-refractivity contribution in [1.82, 2.24) is 4.98 Å². The summed E-state index contributed by atoms with van der Waals surface area (Å²) in [4.78, 5) is 42.0. The smallest absolute Gasteiger partial charge is 0.357 e. The zero-order chi connectivity index (χ0) is 21.0. The highest BCUT2D eigenvalue weighted by Gasteiger charge is 2.29. The summed E-state index contributed by atoms with van der Waals surface area (Å²) in [5.74, 6) is -1.11. The Bertz CT molecular complexity index is 907. The van der Waals surface area contributed by atoms with Crippen molar-refractivity contribution < 1.29 is 23.9 Å². The highest BCUT2D eigenvalue weighted by atomic mass is 32.1. The molecule has 7 nitrogen and oxygen atoms in total. The number of esters is 2. The van der Waals surface area contributed by atoms with Gasteiger partial charge in [0, 0.05) is 11.1 Å². The SMILES string of the molecule is CC1CCc2c(sc(NC(=O)COC(=O)c3ccccn3)c2C(=O)OC(C)C)C1. The molecule has 8 heteroatoms. The Morgan fingerprint density at radius 2 is 2.07 bits per heavy atom. The third-order valence-electron chi connectivity index (χ3n) is 4.52. The lowest BCUT2D eigenvalue weighted by atomic mass is 9.88. The topological polar surface area (TPSA) is 94.6 Å². The molecule has 2 heterocycles. The summed E-state index contributed by atoms with van der Waals surface area (Å²) in [5.41, 5.74) is 1.51. The lowest BCUT2D eigenvalue weighted by Crippen LogP contribution is -2.22. The van der Waals surface area contributed by atoms with E-state index in [9.17, 15) is 14.4 Å². The van der Waals surface area contributed by atoms with Crippen molar-refractivity contribution in [2.45, 2.75) is 46.1 Å². The lowest BCUT2D eigenvalue weighted by Gasteiger charge is -2.18. The van der Waals surface area contributed by atoms with Gasteiger partial charge in [-0.15, -0.1) is 11.3 Å². The van der Waals surface area contributed by atoms with Crippen molar-refractivity contribution >= 4 is 34.2 Å². The number of anilines is 1. The van der Waals surface area contributed by atoms with Crippen LogP contribution in [-0.4, -0.2) is 35.5 Å². The molecule has 2 aromatic rings. The fourth-order valence-corrected chi connectivity index (χ4v) is 4.59. The summed E-state index contributed by atoms with van der Waals surface area (Å²) in [7, 11) is 0. The number of hydrogen-bond donors (Lipinski definition) is 1. The first-order chi connectivity index (χ1) is 13.8. The van der Waals surface area contributed by atoms with Gasteiger partial charge in [-0.05, 0) is 56.7 Å². The van der Waals surface area contributed by atoms with Crippen LogP contribution in [0.5, 0.6) is 0 Å². The maximum atomic E-state index is 12.7. The van der Waals surface area contributed by atoms with Crippen LogP contribution in [0.25, 0.3) is 0 Å². The van der Waals surface area contributed by atoms with Crippen LogP contribution in [-0.2, 0) is 27.1 Å². The van der Waals surface area contributed by atoms with Gasteiger partial charge in [-0.25, -0.2) is 14.6 Å². The Balaban J connectivity index is 1.73. The van der Waals surface area contributed by atoms with E-state index in [1.807, 2.05) is 0 Å². The van der Waals surface area contributed by atoms with E-state index >= 15 is 0 Å². The van der Waals surface area contributed by atoms with Crippen LogP contribution in [0.4, 0.5) is 5.00 Å². The number of rotatable bonds is 6. The minimum atomic E-state index is -0.681. The lowest BCUT2D eigenvalue weighted by molar-refractivity contribution is -0.119. The van der Waals surface area contributed by atoms with Gasteiger partial charge in [0.05, 0.1) is 11.7 Å². The van der Waals surface area contributed by atoms with E-state index < -0.39 is 24.5 Å². The normalized spacial score (nSPS) is 15.5. The van der Waals surface area contributed by atoms with Gasteiger partial charge in [-0.2, -0.15) is 0 Å². The summed E-state index contributed by atoms with van der Waals surface area (Å²) >= 11 is 1.39. The highest BCUT2D eigenvalue weighted by Crippen LogP contribution is 2.40. The monoisotopic (exact) mass is 416 g/mol. The third kappa shape index (κ3) is 5.20. The molecule has 1 N–H and O–H groups in total. The average Bonchev–Trinajstić information content (AvgIpc) is 3.03. The van der Waals surface area contributed by atoms with Crippen LogP contribution in [0.15, 0.2) is 24.4 Å². The van der Waals surface area contributed by atoms with E-state index in [1.54, 1.807) is 26.0 Å². The number of nitrogens with zero attached hydrogens (tertiary/aromatic N) is 1. The van der Waals surface area contributed by atoms with E-state index in [2.05, 4.69) is 17.2 Å². The zero-order valence-corrected chi connectivity index (χ0v) is 17.5. The standard InChI is InChI=1S/C21H24N2O5S/c1-12(2)28-21(26)18-14-8-7-13(3)10-16(14)29-19(18)23-17(24)11-27-20(25)15-6-4-5-9-22-15/h4-6,9,12-13H,7-8,10-11H2,1-3H3,(H,23,24). The predicted octanol–water partition coefficient (Wildman–Crippen LogP) is 3.63. The quantitative estimate of drug-likeness (QED) is 0.723. The molecule has 154 valence electrons. The maximum absolute atomic E-state index is 12.7. The van der Waals surface area contributed by atoms with Crippen molar-refractivity contribution in [3.8, 4) is 0 Å². The molecule has 1 atom stereocenters. The molecule has 0 radical (unpaired) electrons. The first-order valence-corrected chi connectivity index (χ1v) is 10.4. The number of amides is 1. The summed E-state index contributed by atoms with van der Waals surface area (Å²) in [6, 6.07) is 4.85. The van der Waals surface area contributed by atoms with E-state index in [1.165, 1.54) is 23.6 Å². The van der Waals surface area contributed by atoms with Crippen LogP contribution >= 0.6 is 11.3 Å². The number of hydrogen-bond acceptors (Lipinski definition) is 7. The second-order valence-corrected chi connectivity index (χ2v) is 8.45. The molecular formula is C21H24N2O5S. The van der Waals surface area contributed by atoms with Gasteiger partial charge >= 0.3 is 11.9 Å². The first kappa shape index (κ1) is 21.0. The molecule has 1 aliphatic rings. The van der Waals surface area contributed by atoms with Gasteiger partial charge in [-0.3, -0.25) is 4.79 Å². The predicted molar refractivity (Wildman–Crippen MR) is 109 cm³/mol. The van der Waals surface area contributed by atoms with Crippen molar-refractivity contribution in [1.29, 1.82) is 0 Å². The highest BCUT2D eigenvalue weighted by molar-refractivity contribution is 7.17. The molecule has 3 rings (SSSR count). The number of aromatic nitrogens is 1. The molecule has 0 saturated heterocycles. The molecule has 0 aromatic carbocycles. The molecule has 0 bridgehead atoms. The second kappa shape index (κ2) is 9.17. The maximum Gasteiger partial charge on any atom is 0.357 e. The molecule has 0 aliphatic heterocycles. The van der Waals surface area contributed by atoms with Gasteiger partial charge in [0.2, 0.25) is 0 Å². The minimum absolute atomic E-state index is 0.127. The van der Waals surface area contributed by atoms with Crippen LogP contribution < -0.4 is 5.32 Å². The number of nitrogens with one attached hydrogen (secondary N) is 1. The molecule has 1 unspecified atom stereocenters. The van der Waals surface area contributed by atoms with Gasteiger partial charge < -0.3 is 14.8 Å². The molecule has 2 aromatic heterocycles. The van der Waals surface area contributed by atoms with Crippen LogP contribution in [0.1, 0.15) is 58.5 Å². The van der Waals surface area contributed by atoms with Gasteiger partial charge in [0.15, 0.2) is 6.61 Å². The summed E-state index contributed by atoms with van der Waals surface area (Å²) in [6.45, 7) is 5.28. The van der Waals surface area contributed by atoms with Crippen molar-refractivity contribution in [2.75, 3.05) is 11.9 Å². The zero-order valence-electron chi connectivity index (χ0n) is 16.7. The van der Waals surface area contributed by atoms with Crippen molar-refractivity contribution in [3.63, 3.8) is 0 Å². The number of thiophene rings is 1. The fourth-order valence-electron chi connectivity index (χ4n) is 3.18. The van der Waals surface area contributed by atoms with Gasteiger partial charge in [0.25, 0.3) is 5.91 Å². The summed E-state index contributed by atoms with van der Waals surface area (Å²) in [6.07, 6.45) is 3.84. The Morgan fingerprint density at radius 3 is 2.76 bits per heavy atom. The molecule has 1 amide bonds. The molecular weight excluding hydrogens is 392 g/mol. The fraction of sp³-hybridized carbons (Fsp3) is 0.429. The Hall–Kier alpha value is -2.74. The molecule has 1 aliphatic carbocycles. The third-order valence-corrected chi connectivity index (χ3v) is 5.69. The molecule has 0 fully saturated rings. The van der Waals surface area contributed by atoms with Crippen molar-refractivity contribution in [2.24, 2.45) is 5.92 Å². The number of carbonyl (C=O) groups is 3. The van der Waals surface area contributed by atoms with E-state index in [4.69, 9.17) is 9.47 Å². The van der Waals surface area contributed by atoms with E-state index in [-0.39, 0.29) is 11.8 Å². The Kier molecular flexibility index (Phi) is 6.64. The number of fused-ring (bicyclic) bond motifs is 1. The van der Waals surface area contributed by atoms with Crippen LogP contribution in [0.3, 0.4) is 0 Å². The Morgan fingerprint density at radius 1 is 1.28 bits per heavy atom. The molecule has 0 saturated carbocycles. The number of carbonyl (C=O) groups excluding carboxylic acids is 3. The largest absolute Gasteiger partial charge is 0.459 e. The van der Waals surface area contributed by atoms with Gasteiger partial charge in [0.1, 0.15) is 10.7 Å². The average molecular weight is 416 g/mol. The second-order valence-electron chi connectivity index (χ2n) is 7.35. The van der Waals surface area contributed by atoms with Gasteiger partial charge in [-0.1, -0.05) is 13.0 Å². The summed E-state index contributed by atoms with van der Waals surface area (Å²) < 4.78 is 10.4. The van der Waals surface area contributed by atoms with Crippen LogP contribution in [0.2, 0.25) is 0 Å².